The average Bonchev–Trinajstić information content (AvgIpc) is 3.08. The van der Waals surface area contributed by atoms with E-state index in [9.17, 15) is 0 Å². The third kappa shape index (κ3) is 5.56. The van der Waals surface area contributed by atoms with Gasteiger partial charge >= 0.3 is 0 Å². The quantitative estimate of drug-likeness (QED) is 0.459. The van der Waals surface area contributed by atoms with Gasteiger partial charge in [0.2, 0.25) is 0 Å². The second-order valence-electron chi connectivity index (χ2n) is 5.63. The number of nitrogens with zero attached hydrogens (tertiary/aromatic N) is 2. The van der Waals surface area contributed by atoms with Gasteiger partial charge in [-0.15, -0.1) is 0 Å². The summed E-state index contributed by atoms with van der Waals surface area (Å²) in [6.45, 7) is 3.65. The minimum absolute atomic E-state index is 0.336. The monoisotopic (exact) mass is 304 g/mol. The summed E-state index contributed by atoms with van der Waals surface area (Å²) in [4.78, 5) is 6.52. The van der Waals surface area contributed by atoms with Crippen LogP contribution in [-0.2, 0) is 4.74 Å². The van der Waals surface area contributed by atoms with Gasteiger partial charge in [-0.1, -0.05) is 18.2 Å². The van der Waals surface area contributed by atoms with E-state index in [0.717, 1.165) is 45.0 Å². The molecule has 1 heterocycles. The van der Waals surface area contributed by atoms with Crippen LogP contribution in [0, 0.1) is 0 Å². The van der Waals surface area contributed by atoms with Gasteiger partial charge in [-0.05, 0) is 31.4 Å². The summed E-state index contributed by atoms with van der Waals surface area (Å²) in [5, 5.41) is 6.69. The molecule has 122 valence electrons. The van der Waals surface area contributed by atoms with Gasteiger partial charge in [-0.25, -0.2) is 0 Å². The summed E-state index contributed by atoms with van der Waals surface area (Å²) in [5.74, 6) is 0.859. The molecule has 1 aliphatic heterocycles. The first kappa shape index (κ1) is 16.6. The van der Waals surface area contributed by atoms with Crippen molar-refractivity contribution < 1.29 is 4.74 Å². The lowest BCUT2D eigenvalue weighted by atomic mass is 10.2. The van der Waals surface area contributed by atoms with Crippen LogP contribution in [0.5, 0.6) is 0 Å². The molecule has 1 aromatic rings. The molecule has 22 heavy (non-hydrogen) atoms. The third-order valence-corrected chi connectivity index (χ3v) is 3.90. The molecule has 2 N–H and O–H groups in total. The van der Waals surface area contributed by atoms with Crippen LogP contribution in [0.3, 0.4) is 0 Å². The molecule has 1 aromatic carbocycles. The van der Waals surface area contributed by atoms with Gasteiger partial charge in [-0.3, -0.25) is 4.99 Å². The number of hydrogen-bond acceptors (Lipinski definition) is 3. The van der Waals surface area contributed by atoms with Crippen LogP contribution in [0.25, 0.3) is 0 Å². The first-order valence-electron chi connectivity index (χ1n) is 8.12. The summed E-state index contributed by atoms with van der Waals surface area (Å²) in [5.41, 5.74) is 1.25. The fraction of sp³-hybridized carbons (Fsp3) is 0.588. The number of para-hydroxylation sites is 1. The zero-order valence-electron chi connectivity index (χ0n) is 13.7. The molecule has 5 nitrogen and oxygen atoms in total. The molecule has 1 unspecified atom stereocenters. The van der Waals surface area contributed by atoms with Gasteiger partial charge in [-0.2, -0.15) is 0 Å². The Kier molecular flexibility index (Phi) is 7.03. The minimum Gasteiger partial charge on any atom is -0.376 e. The number of aliphatic imine (C=N–C) groups is 1. The lowest BCUT2D eigenvalue weighted by molar-refractivity contribution is 0.114. The van der Waals surface area contributed by atoms with Crippen LogP contribution in [0.4, 0.5) is 5.69 Å². The number of guanidine groups is 1. The highest BCUT2D eigenvalue weighted by Gasteiger charge is 2.15. The van der Waals surface area contributed by atoms with Crippen molar-refractivity contribution in [2.45, 2.75) is 25.4 Å². The Morgan fingerprint density at radius 3 is 2.82 bits per heavy atom. The normalized spacial score (nSPS) is 18.3. The fourth-order valence-electron chi connectivity index (χ4n) is 2.57. The SMILES string of the molecule is CN=C(NCCCN(C)c1ccccc1)NCC1CCCO1. The van der Waals surface area contributed by atoms with E-state index in [1.807, 2.05) is 6.07 Å². The van der Waals surface area contributed by atoms with Gasteiger partial charge in [0.05, 0.1) is 6.10 Å². The molecule has 2 rings (SSSR count). The van der Waals surface area contributed by atoms with E-state index >= 15 is 0 Å². The van der Waals surface area contributed by atoms with E-state index in [2.05, 4.69) is 51.8 Å². The van der Waals surface area contributed by atoms with Crippen molar-refractivity contribution in [1.29, 1.82) is 0 Å². The highest BCUT2D eigenvalue weighted by Crippen LogP contribution is 2.11. The fourth-order valence-corrected chi connectivity index (χ4v) is 2.57. The van der Waals surface area contributed by atoms with Gasteiger partial charge in [0.1, 0.15) is 0 Å². The number of ether oxygens (including phenoxy) is 1. The molecule has 0 saturated carbocycles. The van der Waals surface area contributed by atoms with E-state index in [1.54, 1.807) is 7.05 Å². The summed E-state index contributed by atoms with van der Waals surface area (Å²) in [6, 6.07) is 10.5. The van der Waals surface area contributed by atoms with Crippen molar-refractivity contribution >= 4 is 11.6 Å². The first-order valence-corrected chi connectivity index (χ1v) is 8.12. The first-order chi connectivity index (χ1) is 10.8. The molecule has 5 heteroatoms. The molecule has 0 bridgehead atoms. The molecular weight excluding hydrogens is 276 g/mol. The van der Waals surface area contributed by atoms with Crippen LogP contribution in [-0.4, -0.2) is 52.4 Å². The second-order valence-corrected chi connectivity index (χ2v) is 5.63. The van der Waals surface area contributed by atoms with E-state index in [-0.39, 0.29) is 0 Å². The van der Waals surface area contributed by atoms with Gasteiger partial charge in [0, 0.05) is 46.0 Å². The van der Waals surface area contributed by atoms with Crippen LogP contribution >= 0.6 is 0 Å². The molecule has 0 radical (unpaired) electrons. The third-order valence-electron chi connectivity index (χ3n) is 3.90. The van der Waals surface area contributed by atoms with Crippen molar-refractivity contribution in [2.75, 3.05) is 45.2 Å². The highest BCUT2D eigenvalue weighted by atomic mass is 16.5. The summed E-state index contributed by atoms with van der Waals surface area (Å²) < 4.78 is 5.60. The predicted molar refractivity (Wildman–Crippen MR) is 92.7 cm³/mol. The maximum Gasteiger partial charge on any atom is 0.191 e. The number of anilines is 1. The van der Waals surface area contributed by atoms with E-state index in [4.69, 9.17) is 4.74 Å². The molecule has 0 amide bonds. The summed E-state index contributed by atoms with van der Waals surface area (Å²) in [7, 11) is 3.93. The Hall–Kier alpha value is -1.75. The number of rotatable bonds is 7. The standard InChI is InChI=1S/C17H28N4O/c1-18-17(20-14-16-10-6-13-22-16)19-11-7-12-21(2)15-8-4-3-5-9-15/h3-5,8-9,16H,6-7,10-14H2,1-2H3,(H2,18,19,20). The minimum atomic E-state index is 0.336. The molecule has 1 atom stereocenters. The zero-order chi connectivity index (χ0) is 15.6. The Morgan fingerprint density at radius 1 is 1.32 bits per heavy atom. The Balaban J connectivity index is 1.60. The molecule has 0 aromatic heterocycles. The lowest BCUT2D eigenvalue weighted by Crippen LogP contribution is -2.41. The van der Waals surface area contributed by atoms with Crippen LogP contribution in [0.15, 0.2) is 35.3 Å². The largest absolute Gasteiger partial charge is 0.376 e. The van der Waals surface area contributed by atoms with Crippen molar-refractivity contribution in [3.63, 3.8) is 0 Å². The average molecular weight is 304 g/mol. The summed E-state index contributed by atoms with van der Waals surface area (Å²) >= 11 is 0. The maximum atomic E-state index is 5.60. The second kappa shape index (κ2) is 9.30. The molecule has 0 spiro atoms. The molecule has 0 aliphatic carbocycles. The maximum absolute atomic E-state index is 5.60. The number of nitrogens with one attached hydrogen (secondary N) is 2. The Bertz CT molecular complexity index is 443. The molecular formula is C17H28N4O. The van der Waals surface area contributed by atoms with Crippen molar-refractivity contribution in [1.82, 2.24) is 10.6 Å². The number of benzene rings is 1. The highest BCUT2D eigenvalue weighted by molar-refractivity contribution is 5.79. The topological polar surface area (TPSA) is 48.9 Å². The van der Waals surface area contributed by atoms with Crippen molar-refractivity contribution in [3.05, 3.63) is 30.3 Å². The zero-order valence-corrected chi connectivity index (χ0v) is 13.7. The van der Waals surface area contributed by atoms with E-state index in [1.165, 1.54) is 12.1 Å². The smallest absolute Gasteiger partial charge is 0.191 e. The Morgan fingerprint density at radius 2 is 2.14 bits per heavy atom. The Labute approximate surface area is 133 Å². The van der Waals surface area contributed by atoms with Crippen molar-refractivity contribution in [2.24, 2.45) is 4.99 Å². The molecule has 1 aliphatic rings. The lowest BCUT2D eigenvalue weighted by Gasteiger charge is -2.20. The van der Waals surface area contributed by atoms with E-state index < -0.39 is 0 Å². The number of hydrogen-bond donors (Lipinski definition) is 2. The van der Waals surface area contributed by atoms with Crippen LogP contribution < -0.4 is 15.5 Å². The van der Waals surface area contributed by atoms with Crippen LogP contribution in [0.2, 0.25) is 0 Å². The van der Waals surface area contributed by atoms with Crippen LogP contribution in [0.1, 0.15) is 19.3 Å². The van der Waals surface area contributed by atoms with Gasteiger partial charge in [0.25, 0.3) is 0 Å². The van der Waals surface area contributed by atoms with Gasteiger partial charge in [0.15, 0.2) is 5.96 Å². The predicted octanol–water partition coefficient (Wildman–Crippen LogP) is 1.86. The van der Waals surface area contributed by atoms with E-state index in [0.29, 0.717) is 6.10 Å². The van der Waals surface area contributed by atoms with Gasteiger partial charge < -0.3 is 20.3 Å². The van der Waals surface area contributed by atoms with Crippen molar-refractivity contribution in [3.8, 4) is 0 Å². The summed E-state index contributed by atoms with van der Waals surface area (Å²) in [6.07, 6.45) is 3.71. The molecule has 1 saturated heterocycles. The molecule has 1 fully saturated rings.